The standard InChI is InChI=1S/C16H19F3N4O.ClH/c1-20-14(12-9-22-23(2)10-12)15(24)21-8-7-11-5-3-4-6-13(11)16(17,18)19;/h3-6,9-10,14,20H,7-8H2,1-2H3,(H,21,24);1H. The quantitative estimate of drug-likeness (QED) is 0.814. The molecule has 1 aromatic heterocycles. The Kier molecular flexibility index (Phi) is 7.44. The fraction of sp³-hybridized carbons (Fsp3) is 0.375. The van der Waals surface area contributed by atoms with Crippen LogP contribution in [0.15, 0.2) is 36.7 Å². The van der Waals surface area contributed by atoms with E-state index in [9.17, 15) is 18.0 Å². The summed E-state index contributed by atoms with van der Waals surface area (Å²) in [5.41, 5.74) is 0.178. The van der Waals surface area contributed by atoms with Gasteiger partial charge in [-0.1, -0.05) is 18.2 Å². The number of nitrogens with zero attached hydrogens (tertiary/aromatic N) is 2. The Morgan fingerprint density at radius 1 is 1.32 bits per heavy atom. The molecule has 5 nitrogen and oxygen atoms in total. The Hall–Kier alpha value is -2.06. The first-order valence-corrected chi connectivity index (χ1v) is 7.41. The van der Waals surface area contributed by atoms with E-state index in [1.54, 1.807) is 37.2 Å². The van der Waals surface area contributed by atoms with E-state index in [1.165, 1.54) is 12.1 Å². The van der Waals surface area contributed by atoms with Crippen LogP contribution in [0.2, 0.25) is 0 Å². The van der Waals surface area contributed by atoms with Crippen LogP contribution in [0.3, 0.4) is 0 Å². The van der Waals surface area contributed by atoms with Gasteiger partial charge in [-0.2, -0.15) is 18.3 Å². The number of carbonyl (C=O) groups excluding carboxylic acids is 1. The number of benzene rings is 1. The maximum Gasteiger partial charge on any atom is 0.416 e. The van der Waals surface area contributed by atoms with Gasteiger partial charge in [-0.25, -0.2) is 0 Å². The Morgan fingerprint density at radius 3 is 2.56 bits per heavy atom. The number of amides is 1. The molecule has 1 aromatic carbocycles. The Labute approximate surface area is 150 Å². The Bertz CT molecular complexity index is 703. The van der Waals surface area contributed by atoms with Crippen molar-refractivity contribution in [3.8, 4) is 0 Å². The first-order valence-electron chi connectivity index (χ1n) is 7.41. The largest absolute Gasteiger partial charge is 0.416 e. The van der Waals surface area contributed by atoms with Crippen LogP contribution in [0.5, 0.6) is 0 Å². The van der Waals surface area contributed by atoms with Crippen molar-refractivity contribution in [2.45, 2.75) is 18.6 Å². The van der Waals surface area contributed by atoms with Crippen LogP contribution >= 0.6 is 12.4 Å². The van der Waals surface area contributed by atoms with Crippen molar-refractivity contribution in [1.29, 1.82) is 0 Å². The maximum absolute atomic E-state index is 12.9. The zero-order chi connectivity index (χ0) is 17.7. The maximum atomic E-state index is 12.9. The van der Waals surface area contributed by atoms with Gasteiger partial charge >= 0.3 is 6.18 Å². The molecule has 0 saturated heterocycles. The van der Waals surface area contributed by atoms with Gasteiger partial charge in [-0.05, 0) is 25.1 Å². The summed E-state index contributed by atoms with van der Waals surface area (Å²) in [6.45, 7) is 0.115. The van der Waals surface area contributed by atoms with Gasteiger partial charge in [0.25, 0.3) is 0 Å². The summed E-state index contributed by atoms with van der Waals surface area (Å²) in [5, 5.41) is 9.54. The highest BCUT2D eigenvalue weighted by molar-refractivity contribution is 5.85. The van der Waals surface area contributed by atoms with E-state index < -0.39 is 17.8 Å². The third-order valence-electron chi connectivity index (χ3n) is 3.63. The van der Waals surface area contributed by atoms with E-state index >= 15 is 0 Å². The summed E-state index contributed by atoms with van der Waals surface area (Å²) < 4.78 is 40.4. The normalized spacial score (nSPS) is 12.4. The number of likely N-dealkylation sites (N-methyl/N-ethyl adjacent to an activating group) is 1. The predicted octanol–water partition coefficient (Wildman–Crippen LogP) is 2.48. The summed E-state index contributed by atoms with van der Waals surface area (Å²) in [7, 11) is 3.37. The van der Waals surface area contributed by atoms with E-state index in [-0.39, 0.29) is 36.8 Å². The molecule has 1 heterocycles. The molecular weight excluding hydrogens is 357 g/mol. The molecular formula is C16H20ClF3N4O. The predicted molar refractivity (Wildman–Crippen MR) is 90.4 cm³/mol. The van der Waals surface area contributed by atoms with Crippen LogP contribution < -0.4 is 10.6 Å². The minimum atomic E-state index is -4.40. The van der Waals surface area contributed by atoms with Crippen LogP contribution in [-0.2, 0) is 24.4 Å². The molecule has 0 aliphatic rings. The molecule has 25 heavy (non-hydrogen) atoms. The number of nitrogens with one attached hydrogen (secondary N) is 2. The number of hydrogen-bond donors (Lipinski definition) is 2. The first-order chi connectivity index (χ1) is 11.3. The molecule has 0 spiro atoms. The molecule has 2 rings (SSSR count). The minimum Gasteiger partial charge on any atom is -0.354 e. The van der Waals surface area contributed by atoms with Crippen LogP contribution in [0.1, 0.15) is 22.7 Å². The van der Waals surface area contributed by atoms with Gasteiger partial charge < -0.3 is 10.6 Å². The number of halogens is 4. The van der Waals surface area contributed by atoms with Gasteiger partial charge in [0.15, 0.2) is 0 Å². The van der Waals surface area contributed by atoms with Crippen molar-refractivity contribution in [2.75, 3.05) is 13.6 Å². The van der Waals surface area contributed by atoms with E-state index in [0.717, 1.165) is 6.07 Å². The van der Waals surface area contributed by atoms with Crippen LogP contribution in [0.4, 0.5) is 13.2 Å². The lowest BCUT2D eigenvalue weighted by molar-refractivity contribution is -0.138. The van der Waals surface area contributed by atoms with Gasteiger partial charge in [0.1, 0.15) is 6.04 Å². The second-order valence-corrected chi connectivity index (χ2v) is 5.36. The second-order valence-electron chi connectivity index (χ2n) is 5.36. The van der Waals surface area contributed by atoms with E-state index in [2.05, 4.69) is 15.7 Å². The molecule has 0 aliphatic carbocycles. The van der Waals surface area contributed by atoms with Crippen molar-refractivity contribution in [3.05, 3.63) is 53.3 Å². The van der Waals surface area contributed by atoms with Crippen LogP contribution in [-0.4, -0.2) is 29.3 Å². The highest BCUT2D eigenvalue weighted by atomic mass is 35.5. The number of aryl methyl sites for hydroxylation is 1. The number of hydrogen-bond acceptors (Lipinski definition) is 3. The summed E-state index contributed by atoms with van der Waals surface area (Å²) in [6, 6.07) is 4.77. The lowest BCUT2D eigenvalue weighted by Crippen LogP contribution is -2.37. The van der Waals surface area contributed by atoms with Gasteiger partial charge in [-0.15, -0.1) is 12.4 Å². The van der Waals surface area contributed by atoms with Gasteiger partial charge in [-0.3, -0.25) is 9.48 Å². The molecule has 0 saturated carbocycles. The molecule has 2 aromatic rings. The molecule has 0 bridgehead atoms. The fourth-order valence-corrected chi connectivity index (χ4v) is 2.48. The molecule has 138 valence electrons. The summed E-state index contributed by atoms with van der Waals surface area (Å²) >= 11 is 0. The lowest BCUT2D eigenvalue weighted by Gasteiger charge is -2.16. The van der Waals surface area contributed by atoms with Crippen LogP contribution in [0.25, 0.3) is 0 Å². The molecule has 1 amide bonds. The van der Waals surface area contributed by atoms with E-state index in [0.29, 0.717) is 5.56 Å². The monoisotopic (exact) mass is 376 g/mol. The SMILES string of the molecule is CNC(C(=O)NCCc1ccccc1C(F)(F)F)c1cnn(C)c1.Cl. The summed E-state index contributed by atoms with van der Waals surface area (Å²) in [5.74, 6) is -0.310. The van der Waals surface area contributed by atoms with E-state index in [4.69, 9.17) is 0 Å². The lowest BCUT2D eigenvalue weighted by atomic mass is 10.0. The zero-order valence-corrected chi connectivity index (χ0v) is 14.6. The van der Waals surface area contributed by atoms with Crippen LogP contribution in [0, 0.1) is 0 Å². The Balaban J connectivity index is 0.00000312. The highest BCUT2D eigenvalue weighted by Gasteiger charge is 2.32. The zero-order valence-electron chi connectivity index (χ0n) is 13.8. The summed E-state index contributed by atoms with van der Waals surface area (Å²) in [4.78, 5) is 12.2. The molecule has 1 unspecified atom stereocenters. The average Bonchev–Trinajstić information content (AvgIpc) is 2.94. The molecule has 1 atom stereocenters. The van der Waals surface area contributed by atoms with Crippen molar-refractivity contribution in [1.82, 2.24) is 20.4 Å². The first kappa shape index (κ1) is 21.0. The van der Waals surface area contributed by atoms with Crippen molar-refractivity contribution < 1.29 is 18.0 Å². The number of aromatic nitrogens is 2. The molecule has 0 fully saturated rings. The second kappa shape index (κ2) is 8.87. The molecule has 9 heteroatoms. The van der Waals surface area contributed by atoms with E-state index in [1.807, 2.05) is 0 Å². The van der Waals surface area contributed by atoms with Crippen molar-refractivity contribution in [2.24, 2.45) is 7.05 Å². The smallest absolute Gasteiger partial charge is 0.354 e. The fourth-order valence-electron chi connectivity index (χ4n) is 2.48. The van der Waals surface area contributed by atoms with Crippen molar-refractivity contribution >= 4 is 18.3 Å². The third kappa shape index (κ3) is 5.47. The van der Waals surface area contributed by atoms with Crippen molar-refractivity contribution in [3.63, 3.8) is 0 Å². The average molecular weight is 377 g/mol. The van der Waals surface area contributed by atoms with Gasteiger partial charge in [0.05, 0.1) is 11.8 Å². The molecule has 2 N–H and O–H groups in total. The number of rotatable bonds is 6. The van der Waals surface area contributed by atoms with Gasteiger partial charge in [0.2, 0.25) is 5.91 Å². The van der Waals surface area contributed by atoms with Gasteiger partial charge in [0, 0.05) is 25.4 Å². The molecule has 0 aliphatic heterocycles. The number of alkyl halides is 3. The minimum absolute atomic E-state index is 0. The Morgan fingerprint density at radius 2 is 2.00 bits per heavy atom. The topological polar surface area (TPSA) is 59.0 Å². The third-order valence-corrected chi connectivity index (χ3v) is 3.63. The molecule has 0 radical (unpaired) electrons. The highest BCUT2D eigenvalue weighted by Crippen LogP contribution is 2.31. The summed E-state index contributed by atoms with van der Waals surface area (Å²) in [6.07, 6.45) is -1.02. The number of carbonyl (C=O) groups is 1.